The van der Waals surface area contributed by atoms with Gasteiger partial charge in [0.25, 0.3) is 0 Å². The van der Waals surface area contributed by atoms with Crippen molar-refractivity contribution in [1.82, 2.24) is 0 Å². The molecule has 1 unspecified atom stereocenters. The third-order valence-electron chi connectivity index (χ3n) is 12.7. The van der Waals surface area contributed by atoms with Gasteiger partial charge in [-0.05, 0) is 122 Å². The van der Waals surface area contributed by atoms with E-state index >= 15 is 0 Å². The van der Waals surface area contributed by atoms with Crippen molar-refractivity contribution in [3.8, 4) is 0 Å². The number of unbranched alkanes of at least 4 members (excludes halogenated alkanes) is 25. The number of allylic oxidation sites excluding steroid dienone is 18. The molecular weight excluding hydrogens is 901 g/mol. The lowest BCUT2D eigenvalue weighted by molar-refractivity contribution is -0.167. The smallest absolute Gasteiger partial charge is 0.306 e. The molecule has 1 atom stereocenters. The van der Waals surface area contributed by atoms with Gasteiger partial charge in [0, 0.05) is 19.3 Å². The van der Waals surface area contributed by atoms with E-state index in [0.717, 1.165) is 122 Å². The number of carbonyl (C=O) groups is 3. The van der Waals surface area contributed by atoms with E-state index < -0.39 is 6.10 Å². The van der Waals surface area contributed by atoms with Gasteiger partial charge in [-0.25, -0.2) is 0 Å². The molecule has 73 heavy (non-hydrogen) atoms. The number of carbonyl (C=O) groups excluding carboxylic acids is 3. The Hall–Kier alpha value is -3.93. The molecule has 0 aromatic heterocycles. The lowest BCUT2D eigenvalue weighted by Crippen LogP contribution is -2.30. The minimum atomic E-state index is -0.810. The van der Waals surface area contributed by atoms with Crippen LogP contribution in [0.5, 0.6) is 0 Å². The zero-order valence-electron chi connectivity index (χ0n) is 47.6. The highest BCUT2D eigenvalue weighted by Gasteiger charge is 2.19. The normalized spacial score (nSPS) is 12.9. The van der Waals surface area contributed by atoms with Crippen LogP contribution >= 0.6 is 0 Å². The van der Waals surface area contributed by atoms with E-state index in [9.17, 15) is 14.4 Å². The monoisotopic (exact) mass is 1010 g/mol. The summed E-state index contributed by atoms with van der Waals surface area (Å²) in [7, 11) is 0. The first-order valence-electron chi connectivity index (χ1n) is 30.4. The summed E-state index contributed by atoms with van der Waals surface area (Å²) in [5.41, 5.74) is 0. The molecule has 0 aromatic carbocycles. The van der Waals surface area contributed by atoms with Crippen LogP contribution in [0.4, 0.5) is 0 Å². The number of ether oxygens (including phenoxy) is 3. The van der Waals surface area contributed by atoms with Crippen molar-refractivity contribution < 1.29 is 28.6 Å². The standard InChI is InChI=1S/C67H112O6/c1-4-7-10-13-16-19-22-25-27-29-31-32-33-34-36-37-39-42-45-48-51-54-57-60-66(69)72-63-64(62-71-65(68)59-56-53-50-47-44-41-24-21-18-15-12-9-6-3)73-67(70)61-58-55-52-49-46-43-40-38-35-30-28-26-23-20-17-14-11-8-5-2/h8-9,11-12,17-18,20-21,26,28-29,31,35,38,41,43-44,46,64H,4-7,10,13-16,19,22-25,27,30,32-34,36-37,39-40,42,45,47-63H2,1-3H3/b11-8-,12-9-,20-17-,21-18-,28-26-,31-29-,38-35-,44-41-,46-43-. The molecule has 0 fully saturated rings. The predicted octanol–water partition coefficient (Wildman–Crippen LogP) is 20.7. The van der Waals surface area contributed by atoms with Gasteiger partial charge in [-0.15, -0.1) is 0 Å². The van der Waals surface area contributed by atoms with Gasteiger partial charge in [0.05, 0.1) is 0 Å². The first-order valence-corrected chi connectivity index (χ1v) is 30.4. The fraction of sp³-hybridized carbons (Fsp3) is 0.687. The Bertz CT molecular complexity index is 1490. The topological polar surface area (TPSA) is 78.9 Å². The number of hydrogen-bond donors (Lipinski definition) is 0. The molecule has 416 valence electrons. The largest absolute Gasteiger partial charge is 0.462 e. The summed E-state index contributed by atoms with van der Waals surface area (Å²) in [6, 6.07) is 0. The molecule has 0 saturated carbocycles. The summed E-state index contributed by atoms with van der Waals surface area (Å²) >= 11 is 0. The molecule has 0 aromatic rings. The zero-order chi connectivity index (χ0) is 52.9. The fourth-order valence-electron chi connectivity index (χ4n) is 8.24. The second-order valence-electron chi connectivity index (χ2n) is 19.8. The Morgan fingerprint density at radius 1 is 0.288 bits per heavy atom. The van der Waals surface area contributed by atoms with Crippen molar-refractivity contribution in [1.29, 1.82) is 0 Å². The lowest BCUT2D eigenvalue weighted by Gasteiger charge is -2.18. The van der Waals surface area contributed by atoms with Gasteiger partial charge in [0.2, 0.25) is 0 Å². The van der Waals surface area contributed by atoms with E-state index in [0.29, 0.717) is 12.8 Å². The fourth-order valence-corrected chi connectivity index (χ4v) is 8.24. The first-order chi connectivity index (χ1) is 36.0. The Morgan fingerprint density at radius 2 is 0.534 bits per heavy atom. The van der Waals surface area contributed by atoms with Gasteiger partial charge in [0.1, 0.15) is 13.2 Å². The second-order valence-corrected chi connectivity index (χ2v) is 19.8. The molecular formula is C67H112O6. The maximum atomic E-state index is 12.9. The molecule has 0 bridgehead atoms. The van der Waals surface area contributed by atoms with Crippen LogP contribution in [0.1, 0.15) is 278 Å². The Morgan fingerprint density at radius 3 is 0.863 bits per heavy atom. The van der Waals surface area contributed by atoms with Crippen LogP contribution in [0.3, 0.4) is 0 Å². The first kappa shape index (κ1) is 69.1. The number of hydrogen-bond acceptors (Lipinski definition) is 6. The molecule has 6 heteroatoms. The molecule has 6 nitrogen and oxygen atoms in total. The molecule has 0 radical (unpaired) electrons. The van der Waals surface area contributed by atoms with E-state index in [2.05, 4.69) is 130 Å². The molecule has 0 amide bonds. The molecule has 0 saturated heterocycles. The van der Waals surface area contributed by atoms with Crippen LogP contribution in [0.25, 0.3) is 0 Å². The highest BCUT2D eigenvalue weighted by Crippen LogP contribution is 2.15. The zero-order valence-corrected chi connectivity index (χ0v) is 47.6. The summed E-state index contributed by atoms with van der Waals surface area (Å²) < 4.78 is 16.8. The molecule has 0 spiro atoms. The van der Waals surface area contributed by atoms with Crippen LogP contribution < -0.4 is 0 Å². The Balaban J connectivity index is 4.40. The van der Waals surface area contributed by atoms with Crippen LogP contribution in [-0.4, -0.2) is 37.2 Å². The molecule has 0 N–H and O–H groups in total. The Kier molecular flexibility index (Phi) is 57.4. The minimum absolute atomic E-state index is 0.102. The molecule has 0 aliphatic carbocycles. The van der Waals surface area contributed by atoms with E-state index in [1.165, 1.54) is 116 Å². The average molecular weight is 1010 g/mol. The van der Waals surface area contributed by atoms with Crippen molar-refractivity contribution in [3.05, 3.63) is 109 Å². The Labute approximate surface area is 450 Å². The molecule has 0 rings (SSSR count). The molecule has 0 aliphatic rings. The van der Waals surface area contributed by atoms with E-state index in [1.807, 2.05) is 0 Å². The maximum Gasteiger partial charge on any atom is 0.306 e. The average Bonchev–Trinajstić information content (AvgIpc) is 3.39. The van der Waals surface area contributed by atoms with Crippen molar-refractivity contribution >= 4 is 17.9 Å². The number of esters is 3. The lowest BCUT2D eigenvalue weighted by atomic mass is 10.0. The number of rotatable bonds is 54. The van der Waals surface area contributed by atoms with Gasteiger partial charge in [-0.3, -0.25) is 14.4 Å². The minimum Gasteiger partial charge on any atom is -0.462 e. The summed E-state index contributed by atoms with van der Waals surface area (Å²) in [5, 5.41) is 0. The predicted molar refractivity (Wildman–Crippen MR) is 316 cm³/mol. The second kappa shape index (κ2) is 60.6. The maximum absolute atomic E-state index is 12.9. The SMILES string of the molecule is CC/C=C\C/C=C\C/C=C\C/C=C\C/C=C\CCCCCC(=O)OC(COC(=O)CCCCC/C=C\C/C=C\C/C=C\CC)COC(=O)CCCCCCCCCCCCC/C=C\CCCCCCCCCC. The quantitative estimate of drug-likeness (QED) is 0.0261. The van der Waals surface area contributed by atoms with E-state index in [-0.39, 0.29) is 37.5 Å². The van der Waals surface area contributed by atoms with Crippen LogP contribution in [-0.2, 0) is 28.6 Å². The molecule has 0 heterocycles. The van der Waals surface area contributed by atoms with E-state index in [4.69, 9.17) is 14.2 Å². The highest BCUT2D eigenvalue weighted by molar-refractivity contribution is 5.71. The van der Waals surface area contributed by atoms with E-state index in [1.54, 1.807) is 0 Å². The van der Waals surface area contributed by atoms with Gasteiger partial charge in [-0.2, -0.15) is 0 Å². The van der Waals surface area contributed by atoms with Crippen LogP contribution in [0, 0.1) is 0 Å². The highest BCUT2D eigenvalue weighted by atomic mass is 16.6. The van der Waals surface area contributed by atoms with Crippen molar-refractivity contribution in [2.24, 2.45) is 0 Å². The summed E-state index contributed by atoms with van der Waals surface area (Å²) in [5.74, 6) is -0.963. The third kappa shape index (κ3) is 58.8. The van der Waals surface area contributed by atoms with Crippen molar-refractivity contribution in [2.75, 3.05) is 13.2 Å². The summed E-state index contributed by atoms with van der Waals surface area (Å²) in [6.07, 6.45) is 82.4. The van der Waals surface area contributed by atoms with Crippen molar-refractivity contribution in [2.45, 2.75) is 284 Å². The van der Waals surface area contributed by atoms with Crippen LogP contribution in [0.2, 0.25) is 0 Å². The summed E-state index contributed by atoms with van der Waals surface area (Å²) in [4.78, 5) is 38.2. The molecule has 0 aliphatic heterocycles. The van der Waals surface area contributed by atoms with Gasteiger partial charge >= 0.3 is 17.9 Å². The van der Waals surface area contributed by atoms with Crippen molar-refractivity contribution in [3.63, 3.8) is 0 Å². The summed E-state index contributed by atoms with van der Waals surface area (Å²) in [6.45, 7) is 6.37. The third-order valence-corrected chi connectivity index (χ3v) is 12.7. The van der Waals surface area contributed by atoms with Gasteiger partial charge < -0.3 is 14.2 Å². The van der Waals surface area contributed by atoms with Gasteiger partial charge in [-0.1, -0.05) is 246 Å². The van der Waals surface area contributed by atoms with Crippen LogP contribution in [0.15, 0.2) is 109 Å². The van der Waals surface area contributed by atoms with Gasteiger partial charge in [0.15, 0.2) is 6.10 Å².